The quantitative estimate of drug-likeness (QED) is 0.746. The molecule has 0 aromatic carbocycles. The minimum Gasteiger partial charge on any atom is -0.380 e. The maximum atomic E-state index is 5.86. The van der Waals surface area contributed by atoms with E-state index in [0.717, 1.165) is 24.0 Å². The predicted octanol–water partition coefficient (Wildman–Crippen LogP) is 2.35. The van der Waals surface area contributed by atoms with Gasteiger partial charge in [0, 0.05) is 18.8 Å². The average molecular weight is 210 g/mol. The molecular formula is C10H12ClN3. The van der Waals surface area contributed by atoms with Gasteiger partial charge in [-0.1, -0.05) is 11.6 Å². The number of nitrogens with zero attached hydrogens (tertiary/aromatic N) is 1. The fourth-order valence-electron chi connectivity index (χ4n) is 1.92. The first-order valence-electron chi connectivity index (χ1n) is 4.99. The van der Waals surface area contributed by atoms with Crippen molar-refractivity contribution in [2.45, 2.75) is 18.9 Å². The molecule has 1 aliphatic carbocycles. The van der Waals surface area contributed by atoms with Crippen molar-refractivity contribution >= 4 is 23.1 Å². The van der Waals surface area contributed by atoms with Crippen LogP contribution in [0, 0.1) is 5.92 Å². The Balaban J connectivity index is 1.86. The molecule has 1 atom stereocenters. The Bertz CT molecular complexity index is 362. The zero-order chi connectivity index (χ0) is 9.54. The Labute approximate surface area is 87.9 Å². The average Bonchev–Trinajstić information content (AvgIpc) is 3.00. The van der Waals surface area contributed by atoms with Crippen LogP contribution in [0.15, 0.2) is 12.3 Å². The Morgan fingerprint density at radius 2 is 2.29 bits per heavy atom. The van der Waals surface area contributed by atoms with Gasteiger partial charge in [-0.05, 0) is 24.8 Å². The second-order valence-electron chi connectivity index (χ2n) is 4.02. The maximum absolute atomic E-state index is 5.86. The van der Waals surface area contributed by atoms with E-state index in [2.05, 4.69) is 15.6 Å². The number of pyridine rings is 1. The van der Waals surface area contributed by atoms with Gasteiger partial charge in [-0.15, -0.1) is 0 Å². The predicted molar refractivity (Wildman–Crippen MR) is 57.9 cm³/mol. The third kappa shape index (κ3) is 1.42. The van der Waals surface area contributed by atoms with Gasteiger partial charge in [-0.3, -0.25) is 0 Å². The van der Waals surface area contributed by atoms with E-state index >= 15 is 0 Å². The summed E-state index contributed by atoms with van der Waals surface area (Å²) in [7, 11) is 0. The molecule has 74 valence electrons. The Morgan fingerprint density at radius 1 is 1.43 bits per heavy atom. The van der Waals surface area contributed by atoms with E-state index in [-0.39, 0.29) is 0 Å². The lowest BCUT2D eigenvalue weighted by Gasteiger charge is -2.27. The van der Waals surface area contributed by atoms with Crippen LogP contribution in [0.5, 0.6) is 0 Å². The second kappa shape index (κ2) is 3.02. The van der Waals surface area contributed by atoms with Crippen molar-refractivity contribution < 1.29 is 0 Å². The molecule has 0 radical (unpaired) electrons. The van der Waals surface area contributed by atoms with Gasteiger partial charge in [-0.25, -0.2) is 4.98 Å². The van der Waals surface area contributed by atoms with Crippen LogP contribution in [0.1, 0.15) is 12.8 Å². The number of hydrogen-bond acceptors (Lipinski definition) is 3. The largest absolute Gasteiger partial charge is 0.380 e. The zero-order valence-electron chi connectivity index (χ0n) is 7.76. The van der Waals surface area contributed by atoms with Crippen LogP contribution in [0.25, 0.3) is 0 Å². The molecule has 0 amide bonds. The number of rotatable bonds is 1. The summed E-state index contributed by atoms with van der Waals surface area (Å²) in [5.41, 5.74) is 1.02. The number of fused-ring (bicyclic) bond motifs is 1. The number of hydrogen-bond donors (Lipinski definition) is 2. The van der Waals surface area contributed by atoms with Gasteiger partial charge in [0.15, 0.2) is 0 Å². The Kier molecular flexibility index (Phi) is 1.80. The van der Waals surface area contributed by atoms with Gasteiger partial charge in [-0.2, -0.15) is 0 Å². The molecule has 1 unspecified atom stereocenters. The first-order valence-corrected chi connectivity index (χ1v) is 5.37. The van der Waals surface area contributed by atoms with E-state index in [1.54, 1.807) is 6.20 Å². The third-order valence-electron chi connectivity index (χ3n) is 2.88. The lowest BCUT2D eigenvalue weighted by Crippen LogP contribution is -2.35. The first-order chi connectivity index (χ1) is 6.83. The van der Waals surface area contributed by atoms with Crippen LogP contribution in [0.2, 0.25) is 5.02 Å². The van der Waals surface area contributed by atoms with Crippen LogP contribution in [-0.4, -0.2) is 17.6 Å². The molecule has 1 aliphatic heterocycles. The summed E-state index contributed by atoms with van der Waals surface area (Å²) in [5.74, 6) is 1.78. The molecule has 4 heteroatoms. The molecule has 1 aromatic rings. The van der Waals surface area contributed by atoms with Crippen molar-refractivity contribution in [3.05, 3.63) is 17.3 Å². The molecule has 0 spiro atoms. The minimum absolute atomic E-state index is 0.552. The molecule has 1 fully saturated rings. The van der Waals surface area contributed by atoms with E-state index in [1.165, 1.54) is 12.8 Å². The summed E-state index contributed by atoms with van der Waals surface area (Å²) in [5, 5.41) is 7.50. The van der Waals surface area contributed by atoms with Crippen LogP contribution in [0.3, 0.4) is 0 Å². The summed E-state index contributed by atoms with van der Waals surface area (Å²) < 4.78 is 0. The summed E-state index contributed by atoms with van der Waals surface area (Å²) >= 11 is 5.86. The highest BCUT2D eigenvalue weighted by molar-refractivity contribution is 6.30. The monoisotopic (exact) mass is 209 g/mol. The van der Waals surface area contributed by atoms with Crippen LogP contribution in [-0.2, 0) is 0 Å². The summed E-state index contributed by atoms with van der Waals surface area (Å²) in [6.45, 7) is 0.986. The summed E-state index contributed by atoms with van der Waals surface area (Å²) in [6, 6.07) is 2.47. The highest BCUT2D eigenvalue weighted by Crippen LogP contribution is 2.37. The minimum atomic E-state index is 0.552. The van der Waals surface area contributed by atoms with Crippen molar-refractivity contribution in [1.29, 1.82) is 0 Å². The fraction of sp³-hybridized carbons (Fsp3) is 0.500. The number of aromatic nitrogens is 1. The summed E-state index contributed by atoms with van der Waals surface area (Å²) in [6.07, 6.45) is 4.38. The van der Waals surface area contributed by atoms with Crippen molar-refractivity contribution in [3.8, 4) is 0 Å². The molecule has 0 saturated heterocycles. The van der Waals surface area contributed by atoms with Gasteiger partial charge in [0.05, 0.1) is 10.7 Å². The number of halogens is 1. The standard InChI is InChI=1S/C10H12ClN3/c11-7-3-8-10(13-4-7)14-9(5-12-8)6-1-2-6/h3-4,6,9,12H,1-2,5H2,(H,13,14). The van der Waals surface area contributed by atoms with E-state index in [4.69, 9.17) is 11.6 Å². The van der Waals surface area contributed by atoms with Gasteiger partial charge >= 0.3 is 0 Å². The first kappa shape index (κ1) is 8.36. The molecule has 0 bridgehead atoms. The van der Waals surface area contributed by atoms with Crippen molar-refractivity contribution in [3.63, 3.8) is 0 Å². The smallest absolute Gasteiger partial charge is 0.149 e. The summed E-state index contributed by atoms with van der Waals surface area (Å²) in [4.78, 5) is 4.27. The SMILES string of the molecule is Clc1cnc2c(c1)NCC(C1CC1)N2. The topological polar surface area (TPSA) is 37.0 Å². The molecular weight excluding hydrogens is 198 g/mol. The third-order valence-corrected chi connectivity index (χ3v) is 3.09. The van der Waals surface area contributed by atoms with E-state index < -0.39 is 0 Å². The normalized spacial score (nSPS) is 24.8. The van der Waals surface area contributed by atoms with Crippen LogP contribution >= 0.6 is 11.6 Å². The number of nitrogens with one attached hydrogen (secondary N) is 2. The molecule has 14 heavy (non-hydrogen) atoms. The zero-order valence-corrected chi connectivity index (χ0v) is 8.51. The van der Waals surface area contributed by atoms with Gasteiger partial charge in [0.25, 0.3) is 0 Å². The highest BCUT2D eigenvalue weighted by Gasteiger charge is 2.33. The molecule has 3 nitrogen and oxygen atoms in total. The Hall–Kier alpha value is -0.960. The molecule has 2 heterocycles. The number of anilines is 2. The van der Waals surface area contributed by atoms with Crippen molar-refractivity contribution in [2.75, 3.05) is 17.2 Å². The second-order valence-corrected chi connectivity index (χ2v) is 4.46. The molecule has 1 saturated carbocycles. The lowest BCUT2D eigenvalue weighted by molar-refractivity contribution is 0.649. The Morgan fingerprint density at radius 3 is 3.07 bits per heavy atom. The van der Waals surface area contributed by atoms with Gasteiger partial charge < -0.3 is 10.6 Å². The van der Waals surface area contributed by atoms with E-state index in [0.29, 0.717) is 11.1 Å². The van der Waals surface area contributed by atoms with Crippen LogP contribution in [0.4, 0.5) is 11.5 Å². The lowest BCUT2D eigenvalue weighted by atomic mass is 10.1. The van der Waals surface area contributed by atoms with E-state index in [1.807, 2.05) is 6.07 Å². The fourth-order valence-corrected chi connectivity index (χ4v) is 2.08. The highest BCUT2D eigenvalue weighted by atomic mass is 35.5. The molecule has 2 aliphatic rings. The van der Waals surface area contributed by atoms with E-state index in [9.17, 15) is 0 Å². The molecule has 3 rings (SSSR count). The van der Waals surface area contributed by atoms with Crippen LogP contribution < -0.4 is 10.6 Å². The van der Waals surface area contributed by atoms with Gasteiger partial charge in [0.2, 0.25) is 0 Å². The van der Waals surface area contributed by atoms with Crippen molar-refractivity contribution in [2.24, 2.45) is 5.92 Å². The van der Waals surface area contributed by atoms with Crippen molar-refractivity contribution in [1.82, 2.24) is 4.98 Å². The molecule has 1 aromatic heterocycles. The molecule has 2 N–H and O–H groups in total. The maximum Gasteiger partial charge on any atom is 0.149 e. The van der Waals surface area contributed by atoms with Gasteiger partial charge in [0.1, 0.15) is 5.82 Å².